The highest BCUT2D eigenvalue weighted by Gasteiger charge is 2.36. The minimum Gasteiger partial charge on any atom is -0.481 e. The summed E-state index contributed by atoms with van der Waals surface area (Å²) in [4.78, 5) is 29.9. The number of aliphatic carboxylic acids is 1. The summed E-state index contributed by atoms with van der Waals surface area (Å²) < 4.78 is 0. The van der Waals surface area contributed by atoms with E-state index in [4.69, 9.17) is 5.11 Å². The Hall–Kier alpha value is -2.21. The van der Waals surface area contributed by atoms with Crippen molar-refractivity contribution >= 4 is 28.3 Å². The molecule has 1 saturated heterocycles. The lowest BCUT2D eigenvalue weighted by atomic mass is 10.1. The van der Waals surface area contributed by atoms with Gasteiger partial charge < -0.3 is 5.11 Å². The topological polar surface area (TPSA) is 70.5 Å². The number of nitrogens with zero attached hydrogens (tertiary/aromatic N) is 2. The molecule has 1 amide bonds. The molecule has 2 heterocycles. The van der Waals surface area contributed by atoms with Crippen molar-refractivity contribution in [3.05, 3.63) is 36.0 Å². The molecule has 1 fully saturated rings. The Balaban J connectivity index is 1.91. The largest absolute Gasteiger partial charge is 0.481 e. The number of aromatic nitrogens is 1. The van der Waals surface area contributed by atoms with Crippen LogP contribution in [0.5, 0.6) is 0 Å². The third-order valence-corrected chi connectivity index (χ3v) is 4.76. The van der Waals surface area contributed by atoms with Crippen LogP contribution in [0.1, 0.15) is 12.1 Å². The number of aryl methyl sites for hydroxylation is 1. The van der Waals surface area contributed by atoms with Gasteiger partial charge in [-0.15, -0.1) is 0 Å². The number of carboxylic acid groups (broad SMARTS) is 1. The second-order valence-corrected chi connectivity index (χ2v) is 6.00. The van der Waals surface area contributed by atoms with Crippen molar-refractivity contribution in [3.8, 4) is 10.4 Å². The summed E-state index contributed by atoms with van der Waals surface area (Å²) in [5, 5.41) is 9.62. The lowest BCUT2D eigenvalue weighted by Gasteiger charge is -2.11. The highest BCUT2D eigenvalue weighted by molar-refractivity contribution is 7.19. The van der Waals surface area contributed by atoms with E-state index < -0.39 is 11.9 Å². The average molecular weight is 302 g/mol. The molecule has 0 aliphatic carbocycles. The van der Waals surface area contributed by atoms with Crippen molar-refractivity contribution < 1.29 is 14.7 Å². The van der Waals surface area contributed by atoms with Gasteiger partial charge in [-0.25, -0.2) is 4.98 Å². The van der Waals surface area contributed by atoms with Crippen LogP contribution in [0.4, 0.5) is 5.13 Å². The van der Waals surface area contributed by atoms with E-state index in [1.807, 2.05) is 37.3 Å². The lowest BCUT2D eigenvalue weighted by Crippen LogP contribution is -2.25. The van der Waals surface area contributed by atoms with E-state index in [1.54, 1.807) is 0 Å². The van der Waals surface area contributed by atoms with Crippen LogP contribution in [-0.2, 0) is 9.59 Å². The Morgan fingerprint density at radius 2 is 2.10 bits per heavy atom. The van der Waals surface area contributed by atoms with Gasteiger partial charge in [0.1, 0.15) is 0 Å². The number of benzene rings is 1. The SMILES string of the molecule is Cc1nc(N2CC(C(=O)O)CC2=O)sc1-c1ccccc1. The first kappa shape index (κ1) is 13.8. The van der Waals surface area contributed by atoms with Crippen molar-refractivity contribution in [2.75, 3.05) is 11.4 Å². The zero-order valence-electron chi connectivity index (χ0n) is 11.4. The molecule has 1 aromatic heterocycles. The van der Waals surface area contributed by atoms with Gasteiger partial charge in [-0.3, -0.25) is 14.5 Å². The van der Waals surface area contributed by atoms with E-state index in [1.165, 1.54) is 16.2 Å². The van der Waals surface area contributed by atoms with Gasteiger partial charge in [0.15, 0.2) is 5.13 Å². The number of carboxylic acids is 1. The molecule has 21 heavy (non-hydrogen) atoms. The zero-order chi connectivity index (χ0) is 15.0. The molecule has 1 N–H and O–H groups in total. The van der Waals surface area contributed by atoms with E-state index in [2.05, 4.69) is 4.98 Å². The maximum absolute atomic E-state index is 12.0. The molecule has 0 radical (unpaired) electrons. The van der Waals surface area contributed by atoms with E-state index in [9.17, 15) is 9.59 Å². The first-order chi connectivity index (χ1) is 10.1. The van der Waals surface area contributed by atoms with E-state index in [-0.39, 0.29) is 18.9 Å². The normalized spacial score (nSPS) is 18.2. The summed E-state index contributed by atoms with van der Waals surface area (Å²) in [5.41, 5.74) is 1.91. The Labute approximate surface area is 125 Å². The Morgan fingerprint density at radius 3 is 2.71 bits per heavy atom. The molecule has 5 nitrogen and oxygen atoms in total. The smallest absolute Gasteiger partial charge is 0.308 e. The Morgan fingerprint density at radius 1 is 1.38 bits per heavy atom. The molecule has 3 rings (SSSR count). The molecule has 1 atom stereocenters. The van der Waals surface area contributed by atoms with Crippen molar-refractivity contribution in [1.82, 2.24) is 4.98 Å². The Bertz CT molecular complexity index is 696. The summed E-state index contributed by atoms with van der Waals surface area (Å²) in [7, 11) is 0. The molecule has 1 aliphatic heterocycles. The number of carbonyl (C=O) groups is 2. The fraction of sp³-hybridized carbons (Fsp3) is 0.267. The highest BCUT2D eigenvalue weighted by Crippen LogP contribution is 2.36. The van der Waals surface area contributed by atoms with E-state index in [0.29, 0.717) is 5.13 Å². The number of hydrogen-bond donors (Lipinski definition) is 1. The third-order valence-electron chi connectivity index (χ3n) is 3.53. The fourth-order valence-electron chi connectivity index (χ4n) is 2.41. The summed E-state index contributed by atoms with van der Waals surface area (Å²) in [5.74, 6) is -1.74. The minimum absolute atomic E-state index is 0.0502. The second-order valence-electron chi connectivity index (χ2n) is 5.02. The van der Waals surface area contributed by atoms with Crippen LogP contribution < -0.4 is 4.90 Å². The van der Waals surface area contributed by atoms with Gasteiger partial charge in [0.2, 0.25) is 5.91 Å². The van der Waals surface area contributed by atoms with Crippen molar-refractivity contribution in [2.24, 2.45) is 5.92 Å². The van der Waals surface area contributed by atoms with Gasteiger partial charge in [-0.1, -0.05) is 41.7 Å². The number of hydrogen-bond acceptors (Lipinski definition) is 4. The fourth-order valence-corrected chi connectivity index (χ4v) is 3.51. The molecule has 6 heteroatoms. The number of rotatable bonds is 3. The van der Waals surface area contributed by atoms with Gasteiger partial charge >= 0.3 is 5.97 Å². The second kappa shape index (κ2) is 5.29. The van der Waals surface area contributed by atoms with Gasteiger partial charge in [-0.2, -0.15) is 0 Å². The van der Waals surface area contributed by atoms with Gasteiger partial charge in [0, 0.05) is 13.0 Å². The first-order valence-corrected chi connectivity index (χ1v) is 7.44. The van der Waals surface area contributed by atoms with Crippen LogP contribution in [-0.4, -0.2) is 28.5 Å². The van der Waals surface area contributed by atoms with Crippen molar-refractivity contribution in [3.63, 3.8) is 0 Å². The summed E-state index contributed by atoms with van der Waals surface area (Å²) >= 11 is 1.43. The molecule has 2 aromatic rings. The van der Waals surface area contributed by atoms with Crippen molar-refractivity contribution in [1.29, 1.82) is 0 Å². The number of carbonyl (C=O) groups excluding carboxylic acids is 1. The monoisotopic (exact) mass is 302 g/mol. The van der Waals surface area contributed by atoms with Crippen LogP contribution in [0, 0.1) is 12.8 Å². The molecule has 0 spiro atoms. The van der Waals surface area contributed by atoms with Gasteiger partial charge in [0.25, 0.3) is 0 Å². The maximum Gasteiger partial charge on any atom is 0.308 e. The van der Waals surface area contributed by atoms with E-state index >= 15 is 0 Å². The average Bonchev–Trinajstić information content (AvgIpc) is 3.03. The molecule has 1 aromatic carbocycles. The quantitative estimate of drug-likeness (QED) is 0.946. The van der Waals surface area contributed by atoms with Crippen LogP contribution in [0.2, 0.25) is 0 Å². The number of thiazole rings is 1. The zero-order valence-corrected chi connectivity index (χ0v) is 12.3. The van der Waals surface area contributed by atoms with Crippen LogP contribution >= 0.6 is 11.3 Å². The van der Waals surface area contributed by atoms with E-state index in [0.717, 1.165) is 16.1 Å². The van der Waals surface area contributed by atoms with Crippen LogP contribution in [0.15, 0.2) is 30.3 Å². The highest BCUT2D eigenvalue weighted by atomic mass is 32.1. The Kier molecular flexibility index (Phi) is 3.47. The lowest BCUT2D eigenvalue weighted by molar-refractivity contribution is -0.141. The minimum atomic E-state index is -0.928. The summed E-state index contributed by atoms with van der Waals surface area (Å²) in [6.07, 6.45) is 0.0502. The molecule has 0 saturated carbocycles. The summed E-state index contributed by atoms with van der Waals surface area (Å²) in [6, 6.07) is 9.85. The maximum atomic E-state index is 12.0. The molecule has 1 unspecified atom stereocenters. The molecular formula is C15H14N2O3S. The van der Waals surface area contributed by atoms with Crippen molar-refractivity contribution in [2.45, 2.75) is 13.3 Å². The molecule has 1 aliphatic rings. The van der Waals surface area contributed by atoms with Crippen LogP contribution in [0.25, 0.3) is 10.4 Å². The van der Waals surface area contributed by atoms with Crippen LogP contribution in [0.3, 0.4) is 0 Å². The predicted octanol–water partition coefficient (Wildman–Crippen LogP) is 2.56. The molecular weight excluding hydrogens is 288 g/mol. The molecule has 0 bridgehead atoms. The third kappa shape index (κ3) is 2.54. The number of anilines is 1. The number of amides is 1. The molecule has 108 valence electrons. The predicted molar refractivity (Wildman–Crippen MR) is 80.4 cm³/mol. The first-order valence-electron chi connectivity index (χ1n) is 6.62. The summed E-state index contributed by atoms with van der Waals surface area (Å²) in [6.45, 7) is 2.10. The standard InChI is InChI=1S/C15H14N2O3S/c1-9-13(10-5-3-2-4-6-10)21-15(16-9)17-8-11(14(19)20)7-12(17)18/h2-6,11H,7-8H2,1H3,(H,19,20). The van der Waals surface area contributed by atoms with Gasteiger partial charge in [-0.05, 0) is 12.5 Å². The van der Waals surface area contributed by atoms with Gasteiger partial charge in [0.05, 0.1) is 16.5 Å².